The molecule has 1 unspecified atom stereocenters. The van der Waals surface area contributed by atoms with Gasteiger partial charge in [-0.2, -0.15) is 4.31 Å². The summed E-state index contributed by atoms with van der Waals surface area (Å²) >= 11 is 0. The van der Waals surface area contributed by atoms with Crippen LogP contribution in [0.2, 0.25) is 0 Å². The molecule has 3 N–H and O–H groups in total. The van der Waals surface area contributed by atoms with E-state index in [2.05, 4.69) is 24.9 Å². The molecule has 0 aliphatic heterocycles. The molecular weight excluding hydrogens is 360 g/mol. The molecule has 0 radical (unpaired) electrons. The van der Waals surface area contributed by atoms with Crippen molar-refractivity contribution in [2.75, 3.05) is 13.2 Å². The average Bonchev–Trinajstić information content (AvgIpc) is 2.40. The number of hydrogen-bond acceptors (Lipinski definition) is 5. The minimum Gasteiger partial charge on any atom is -0.302 e. The molecule has 0 heterocycles. The van der Waals surface area contributed by atoms with Gasteiger partial charge in [-0.05, 0) is 45.1 Å². The van der Waals surface area contributed by atoms with Crippen molar-refractivity contribution in [3.8, 4) is 0 Å². The number of nitrogens with zero attached hydrogens (tertiary/aromatic N) is 3. The lowest BCUT2D eigenvalue weighted by Crippen LogP contribution is -1.94. The highest BCUT2D eigenvalue weighted by molar-refractivity contribution is 7.60. The maximum absolute atomic E-state index is 11.2. The van der Waals surface area contributed by atoms with Crippen molar-refractivity contribution >= 4 is 15.6 Å². The molecule has 0 bridgehead atoms. The molecule has 0 saturated heterocycles. The third kappa shape index (κ3) is 14.6. The minimum absolute atomic E-state index is 0.297. The molecule has 24 heavy (non-hydrogen) atoms. The molecule has 0 amide bonds. The summed E-state index contributed by atoms with van der Waals surface area (Å²) in [6.45, 7) is 3.96. The van der Waals surface area contributed by atoms with E-state index < -0.39 is 15.6 Å². The monoisotopic (exact) mass is 383 g/mol. The van der Waals surface area contributed by atoms with Gasteiger partial charge in [0.25, 0.3) is 0 Å². The van der Waals surface area contributed by atoms with Crippen molar-refractivity contribution in [3.05, 3.63) is 33.7 Å². The van der Waals surface area contributed by atoms with Crippen molar-refractivity contribution in [2.45, 2.75) is 39.5 Å². The topological polar surface area (TPSA) is 162 Å². The van der Waals surface area contributed by atoms with Gasteiger partial charge in [-0.3, -0.25) is 4.52 Å². The van der Waals surface area contributed by atoms with Crippen molar-refractivity contribution in [2.24, 2.45) is 5.11 Å². The Morgan fingerprint density at radius 3 is 2.38 bits per heavy atom. The summed E-state index contributed by atoms with van der Waals surface area (Å²) in [4.78, 5) is 28.7. The van der Waals surface area contributed by atoms with Gasteiger partial charge >= 0.3 is 15.6 Å². The van der Waals surface area contributed by atoms with Crippen LogP contribution in [0.4, 0.5) is 0 Å². The van der Waals surface area contributed by atoms with Gasteiger partial charge in [-0.25, -0.2) is 9.13 Å². The fraction of sp³-hybridized carbons (Fsp3) is 0.667. The summed E-state index contributed by atoms with van der Waals surface area (Å²) in [7, 11) is -9.87. The number of rotatable bonds is 12. The highest BCUT2D eigenvalue weighted by atomic mass is 31.3. The maximum atomic E-state index is 11.2. The van der Waals surface area contributed by atoms with Crippen LogP contribution in [0, 0.1) is 0 Å². The van der Waals surface area contributed by atoms with Gasteiger partial charge < -0.3 is 14.7 Å². The van der Waals surface area contributed by atoms with Crippen LogP contribution in [-0.2, 0) is 18.0 Å². The van der Waals surface area contributed by atoms with Gasteiger partial charge in [0.2, 0.25) is 0 Å². The van der Waals surface area contributed by atoms with Crippen molar-refractivity contribution in [1.82, 2.24) is 0 Å². The molecule has 1 atom stereocenters. The van der Waals surface area contributed by atoms with Crippen LogP contribution in [0.3, 0.4) is 0 Å². The lowest BCUT2D eigenvalue weighted by atomic mass is 10.1. The minimum atomic E-state index is -5.09. The quantitative estimate of drug-likeness (QED) is 0.115. The molecular formula is C12H23N3O7P2. The largest absolute Gasteiger partial charge is 0.481 e. The molecule has 0 aromatic carbocycles. The molecule has 10 nitrogen and oxygen atoms in total. The standard InChI is InChI=1S/C12H23N3O7P2/c1-11(7-4-9-14-15-13)5-3-6-12(2)8-10-21-24(19,20)22-23(16,17)18/h5,8H,3-4,6-7,9-10H2,1-2H3,(H,19,20)(H2,16,17,18)/b11-5+,12-8+. The Morgan fingerprint density at radius 1 is 1.17 bits per heavy atom. The number of phosphoric ester groups is 1. The summed E-state index contributed by atoms with van der Waals surface area (Å²) in [5, 5.41) is 3.46. The number of hydrogen-bond donors (Lipinski definition) is 3. The molecule has 12 heteroatoms. The van der Waals surface area contributed by atoms with E-state index in [0.29, 0.717) is 13.0 Å². The Labute approximate surface area is 140 Å². The van der Waals surface area contributed by atoms with Gasteiger partial charge in [0.05, 0.1) is 6.61 Å². The molecule has 0 aromatic heterocycles. The lowest BCUT2D eigenvalue weighted by molar-refractivity contribution is 0.191. The van der Waals surface area contributed by atoms with E-state index in [1.807, 2.05) is 6.92 Å². The van der Waals surface area contributed by atoms with Crippen LogP contribution in [0.5, 0.6) is 0 Å². The molecule has 0 rings (SSSR count). The predicted octanol–water partition coefficient (Wildman–Crippen LogP) is 3.98. The molecule has 138 valence electrons. The zero-order chi connectivity index (χ0) is 18.6. The molecule has 0 aliphatic rings. The fourth-order valence-electron chi connectivity index (χ4n) is 1.66. The Hall–Kier alpha value is -0.950. The predicted molar refractivity (Wildman–Crippen MR) is 88.9 cm³/mol. The van der Waals surface area contributed by atoms with Gasteiger partial charge in [0.15, 0.2) is 0 Å². The molecule has 0 aliphatic carbocycles. The second-order valence-electron chi connectivity index (χ2n) is 5.03. The van der Waals surface area contributed by atoms with E-state index in [1.165, 1.54) is 11.6 Å². The normalized spacial score (nSPS) is 15.7. The molecule has 0 fully saturated rings. The van der Waals surface area contributed by atoms with E-state index >= 15 is 0 Å². The van der Waals surface area contributed by atoms with E-state index in [1.54, 1.807) is 6.92 Å². The Morgan fingerprint density at radius 2 is 1.79 bits per heavy atom. The highest BCUT2D eigenvalue weighted by Gasteiger charge is 2.31. The molecule has 0 spiro atoms. The zero-order valence-electron chi connectivity index (χ0n) is 13.6. The Bertz CT molecular complexity index is 593. The first-order valence-electron chi connectivity index (χ1n) is 7.12. The van der Waals surface area contributed by atoms with Crippen LogP contribution in [0.1, 0.15) is 39.5 Å². The van der Waals surface area contributed by atoms with Crippen LogP contribution >= 0.6 is 15.6 Å². The molecule has 0 aromatic rings. The van der Waals surface area contributed by atoms with Crippen molar-refractivity contribution in [1.29, 1.82) is 0 Å². The van der Waals surface area contributed by atoms with Crippen molar-refractivity contribution in [3.63, 3.8) is 0 Å². The first-order chi connectivity index (χ1) is 11.1. The van der Waals surface area contributed by atoms with Gasteiger partial charge in [0, 0.05) is 11.5 Å². The summed E-state index contributed by atoms with van der Waals surface area (Å²) < 4.78 is 29.8. The van der Waals surface area contributed by atoms with Gasteiger partial charge in [0.1, 0.15) is 0 Å². The number of azide groups is 1. The van der Waals surface area contributed by atoms with Crippen LogP contribution < -0.4 is 0 Å². The number of phosphoric acid groups is 2. The average molecular weight is 383 g/mol. The second kappa shape index (κ2) is 11.6. The third-order valence-electron chi connectivity index (χ3n) is 2.80. The van der Waals surface area contributed by atoms with Gasteiger partial charge in [-0.15, -0.1) is 0 Å². The van der Waals surface area contributed by atoms with E-state index in [9.17, 15) is 9.13 Å². The zero-order valence-corrected chi connectivity index (χ0v) is 15.4. The molecule has 0 saturated carbocycles. The highest BCUT2D eigenvalue weighted by Crippen LogP contribution is 2.57. The Kier molecular flexibility index (Phi) is 11.1. The summed E-state index contributed by atoms with van der Waals surface area (Å²) in [5.74, 6) is 0. The van der Waals surface area contributed by atoms with Crippen LogP contribution in [0.15, 0.2) is 28.4 Å². The van der Waals surface area contributed by atoms with Crippen molar-refractivity contribution < 1.29 is 32.6 Å². The smallest absolute Gasteiger partial charge is 0.302 e. The fourth-order valence-corrected chi connectivity index (χ4v) is 3.18. The summed E-state index contributed by atoms with van der Waals surface area (Å²) in [6, 6.07) is 0. The van der Waals surface area contributed by atoms with Crippen LogP contribution in [-0.4, -0.2) is 27.8 Å². The second-order valence-corrected chi connectivity index (χ2v) is 7.86. The van der Waals surface area contributed by atoms with E-state index in [-0.39, 0.29) is 6.61 Å². The first kappa shape index (κ1) is 23.1. The summed E-state index contributed by atoms with van der Waals surface area (Å²) in [5.41, 5.74) is 10.2. The first-order valence-corrected chi connectivity index (χ1v) is 10.1. The van der Waals surface area contributed by atoms with Crippen LogP contribution in [0.25, 0.3) is 10.4 Å². The lowest BCUT2D eigenvalue weighted by Gasteiger charge is -2.11. The Balaban J connectivity index is 4.13. The van der Waals surface area contributed by atoms with E-state index in [0.717, 1.165) is 24.8 Å². The van der Waals surface area contributed by atoms with E-state index in [4.69, 9.17) is 20.2 Å². The third-order valence-corrected chi connectivity index (χ3v) is 4.95. The maximum Gasteiger partial charge on any atom is 0.481 e. The summed E-state index contributed by atoms with van der Waals surface area (Å²) in [6.07, 6.45) is 6.70. The van der Waals surface area contributed by atoms with Gasteiger partial charge in [-0.1, -0.05) is 28.4 Å². The SMILES string of the molecule is C/C(=C\COP(=O)(O)OP(=O)(O)O)CC/C=C(\C)CCCN=[N+]=[N-]. The number of allylic oxidation sites excluding steroid dienone is 3.